The van der Waals surface area contributed by atoms with E-state index in [1.54, 1.807) is 114 Å². The molecule has 2 rings (SSSR count). The molecule has 2 aromatic carbocycles. The van der Waals surface area contributed by atoms with Gasteiger partial charge in [0, 0.05) is 23.9 Å². The summed E-state index contributed by atoms with van der Waals surface area (Å²) in [6.07, 6.45) is -1.77. The molecular weight excluding hydrogens is 768 g/mol. The van der Waals surface area contributed by atoms with Crippen LogP contribution in [0.15, 0.2) is 30.3 Å². The largest absolute Gasteiger partial charge is 0.513 e. The van der Waals surface area contributed by atoms with Gasteiger partial charge >= 0.3 is 36.4 Å². The van der Waals surface area contributed by atoms with Crippen molar-refractivity contribution in [1.29, 1.82) is 0 Å². The van der Waals surface area contributed by atoms with Crippen LogP contribution in [-0.4, -0.2) is 108 Å². The molecule has 0 N–H and O–H groups in total. The number of aryl methyl sites for hydroxylation is 1. The second-order valence-electron chi connectivity index (χ2n) is 17.9. The first kappa shape index (κ1) is 49.9. The van der Waals surface area contributed by atoms with Gasteiger partial charge in [0.1, 0.15) is 47.0 Å². The summed E-state index contributed by atoms with van der Waals surface area (Å²) in [4.78, 5) is 78.5. The van der Waals surface area contributed by atoms with Gasteiger partial charge in [-0.3, -0.25) is 19.4 Å². The van der Waals surface area contributed by atoms with Crippen molar-refractivity contribution in [2.75, 3.05) is 39.4 Å². The average Bonchev–Trinajstić information content (AvgIpc) is 3.05. The van der Waals surface area contributed by atoms with Gasteiger partial charge in [-0.1, -0.05) is 24.3 Å². The third kappa shape index (κ3) is 20.3. The Morgan fingerprint density at radius 2 is 0.915 bits per heavy atom. The molecule has 16 nitrogen and oxygen atoms in total. The summed E-state index contributed by atoms with van der Waals surface area (Å²) in [5.74, 6) is -0.762. The Kier molecular flexibility index (Phi) is 18.3. The number of unbranched alkanes of at least 4 members (excludes halogenated alkanes) is 2. The van der Waals surface area contributed by atoms with E-state index in [2.05, 4.69) is 0 Å². The SMILES string of the molecule is Cc1cc(OC(=O)OCCCCN(CC(=O)OC(C)(C)C)C(=O)OC(C)(C)C)c2ccccc2c1OC(=O)OCCCCN(CC(=O)OC(C)(C)C)C(=O)OC(C)(C)C. The van der Waals surface area contributed by atoms with Crippen molar-refractivity contribution in [3.63, 3.8) is 0 Å². The molecule has 0 bridgehead atoms. The number of amides is 2. The lowest BCUT2D eigenvalue weighted by atomic mass is 10.0. The zero-order valence-corrected chi connectivity index (χ0v) is 37.1. The van der Waals surface area contributed by atoms with E-state index in [-0.39, 0.29) is 50.9 Å². The number of benzene rings is 2. The number of fused-ring (bicyclic) bond motifs is 1. The number of rotatable bonds is 16. The van der Waals surface area contributed by atoms with Crippen LogP contribution in [0.5, 0.6) is 11.5 Å². The van der Waals surface area contributed by atoms with Crippen molar-refractivity contribution in [3.8, 4) is 11.5 Å². The van der Waals surface area contributed by atoms with Crippen LogP contribution in [0.1, 0.15) is 114 Å². The molecule has 0 saturated carbocycles. The molecule has 0 unspecified atom stereocenters. The zero-order valence-electron chi connectivity index (χ0n) is 37.1. The fourth-order valence-corrected chi connectivity index (χ4v) is 5.20. The maximum absolute atomic E-state index is 12.8. The van der Waals surface area contributed by atoms with Crippen molar-refractivity contribution in [2.24, 2.45) is 0 Å². The van der Waals surface area contributed by atoms with Crippen LogP contribution < -0.4 is 9.47 Å². The van der Waals surface area contributed by atoms with E-state index in [9.17, 15) is 28.8 Å². The molecule has 0 aliphatic rings. The number of carbonyl (C=O) groups excluding carboxylic acids is 6. The minimum Gasteiger partial charge on any atom is -0.459 e. The molecule has 0 heterocycles. The molecule has 16 heteroatoms. The fraction of sp³-hybridized carbons (Fsp3) is 0.628. The summed E-state index contributed by atoms with van der Waals surface area (Å²) < 4.78 is 43.4. The topological polar surface area (TPSA) is 183 Å². The lowest BCUT2D eigenvalue weighted by Crippen LogP contribution is -2.42. The van der Waals surface area contributed by atoms with E-state index >= 15 is 0 Å². The van der Waals surface area contributed by atoms with Gasteiger partial charge in [0.15, 0.2) is 0 Å². The van der Waals surface area contributed by atoms with Crippen LogP contribution >= 0.6 is 0 Å². The van der Waals surface area contributed by atoms with Crippen LogP contribution in [0.25, 0.3) is 10.8 Å². The number of hydrogen-bond acceptors (Lipinski definition) is 14. The van der Waals surface area contributed by atoms with Crippen LogP contribution in [0.4, 0.5) is 19.2 Å². The van der Waals surface area contributed by atoms with E-state index in [4.69, 9.17) is 37.9 Å². The normalized spacial score (nSPS) is 11.9. The molecule has 330 valence electrons. The molecule has 0 atom stereocenters. The van der Waals surface area contributed by atoms with Gasteiger partial charge in [-0.05, 0) is 127 Å². The Labute approximate surface area is 348 Å². The number of ether oxygens (including phenoxy) is 8. The second kappa shape index (κ2) is 21.6. The number of carbonyl (C=O) groups is 6. The van der Waals surface area contributed by atoms with Crippen molar-refractivity contribution in [1.82, 2.24) is 9.80 Å². The van der Waals surface area contributed by atoms with Gasteiger partial charge in [0.25, 0.3) is 0 Å². The first-order valence-electron chi connectivity index (χ1n) is 19.7. The monoisotopic (exact) mass is 832 g/mol. The quantitative estimate of drug-likeness (QED) is 0.0676. The standard InChI is InChI=1S/C43H64N2O14/c1-29-26-32(54-38(50)52-24-18-16-22-44(36(48)58-42(8,9)10)27-33(46)56-40(2,3)4)30-20-14-15-21-31(30)35(29)55-39(51)53-25-19-17-23-45(37(49)59-43(11,12)13)28-34(47)57-41(5,6)7/h14-15,20-21,26H,16-19,22-25,27-28H2,1-13H3. The van der Waals surface area contributed by atoms with E-state index in [1.165, 1.54) is 15.9 Å². The molecular formula is C43H64N2O14. The summed E-state index contributed by atoms with van der Waals surface area (Å²) in [5, 5.41) is 0.954. The smallest absolute Gasteiger partial charge is 0.459 e. The van der Waals surface area contributed by atoms with Crippen LogP contribution in [-0.2, 0) is 38.0 Å². The van der Waals surface area contributed by atoms with Gasteiger partial charge in [0.05, 0.1) is 13.2 Å². The highest BCUT2D eigenvalue weighted by atomic mass is 16.7. The Bertz CT molecular complexity index is 1760. The van der Waals surface area contributed by atoms with Gasteiger partial charge in [-0.2, -0.15) is 0 Å². The lowest BCUT2D eigenvalue weighted by molar-refractivity contribution is -0.157. The van der Waals surface area contributed by atoms with Gasteiger partial charge in [-0.25, -0.2) is 19.2 Å². The predicted octanol–water partition coefficient (Wildman–Crippen LogP) is 8.90. The molecule has 0 spiro atoms. The van der Waals surface area contributed by atoms with Crippen LogP contribution in [0.3, 0.4) is 0 Å². The third-order valence-corrected chi connectivity index (χ3v) is 7.39. The van der Waals surface area contributed by atoms with E-state index in [0.717, 1.165) is 0 Å². The van der Waals surface area contributed by atoms with E-state index in [1.807, 2.05) is 0 Å². The first-order valence-corrected chi connectivity index (χ1v) is 19.7. The molecule has 59 heavy (non-hydrogen) atoms. The maximum Gasteiger partial charge on any atom is 0.513 e. The second-order valence-corrected chi connectivity index (χ2v) is 17.9. The Morgan fingerprint density at radius 1 is 0.525 bits per heavy atom. The minimum absolute atomic E-state index is 0.0276. The summed E-state index contributed by atoms with van der Waals surface area (Å²) in [6.45, 7) is 22.1. The molecule has 0 fully saturated rings. The summed E-state index contributed by atoms with van der Waals surface area (Å²) in [7, 11) is 0. The average molecular weight is 833 g/mol. The zero-order chi connectivity index (χ0) is 44.8. The van der Waals surface area contributed by atoms with Crippen molar-refractivity contribution < 1.29 is 66.7 Å². The van der Waals surface area contributed by atoms with Crippen molar-refractivity contribution in [3.05, 3.63) is 35.9 Å². The highest BCUT2D eigenvalue weighted by molar-refractivity contribution is 5.96. The minimum atomic E-state index is -0.961. The third-order valence-electron chi connectivity index (χ3n) is 7.39. The van der Waals surface area contributed by atoms with Crippen molar-refractivity contribution in [2.45, 2.75) is 138 Å². The fourth-order valence-electron chi connectivity index (χ4n) is 5.20. The Balaban J connectivity index is 1.96. The van der Waals surface area contributed by atoms with Gasteiger partial charge in [0.2, 0.25) is 0 Å². The molecule has 0 saturated heterocycles. The van der Waals surface area contributed by atoms with Gasteiger partial charge < -0.3 is 37.9 Å². The van der Waals surface area contributed by atoms with E-state index < -0.39 is 58.8 Å². The Morgan fingerprint density at radius 3 is 1.32 bits per heavy atom. The number of nitrogens with zero attached hydrogens (tertiary/aromatic N) is 2. The summed E-state index contributed by atoms with van der Waals surface area (Å²) >= 11 is 0. The molecule has 0 aromatic heterocycles. The van der Waals surface area contributed by atoms with Crippen LogP contribution in [0.2, 0.25) is 0 Å². The highest BCUT2D eigenvalue weighted by Gasteiger charge is 2.28. The van der Waals surface area contributed by atoms with Crippen molar-refractivity contribution >= 4 is 47.2 Å². The number of hydrogen-bond donors (Lipinski definition) is 0. The van der Waals surface area contributed by atoms with E-state index in [0.29, 0.717) is 42.0 Å². The highest BCUT2D eigenvalue weighted by Crippen LogP contribution is 2.37. The molecule has 0 aliphatic carbocycles. The predicted molar refractivity (Wildman–Crippen MR) is 218 cm³/mol. The first-order chi connectivity index (χ1) is 27.1. The summed E-state index contributed by atoms with van der Waals surface area (Å²) in [6, 6.07) is 8.40. The molecule has 0 radical (unpaired) electrons. The molecule has 2 amide bonds. The molecule has 2 aromatic rings. The lowest BCUT2D eigenvalue weighted by Gasteiger charge is -2.28. The van der Waals surface area contributed by atoms with Gasteiger partial charge in [-0.15, -0.1) is 0 Å². The maximum atomic E-state index is 12.8. The van der Waals surface area contributed by atoms with Crippen LogP contribution in [0, 0.1) is 6.92 Å². The Hall–Kier alpha value is -5.28. The number of esters is 2. The molecule has 0 aliphatic heterocycles. The summed E-state index contributed by atoms with van der Waals surface area (Å²) in [5.41, 5.74) is -2.50.